The van der Waals surface area contributed by atoms with Gasteiger partial charge in [0.1, 0.15) is 5.82 Å². The van der Waals surface area contributed by atoms with E-state index in [2.05, 4.69) is 20.5 Å². The maximum Gasteiger partial charge on any atom is 0.291 e. The van der Waals surface area contributed by atoms with Gasteiger partial charge in [0.2, 0.25) is 5.82 Å². The number of aromatic nitrogens is 3. The first-order chi connectivity index (χ1) is 9.00. The number of hydrogen-bond donors (Lipinski definition) is 3. The van der Waals surface area contributed by atoms with E-state index in [1.165, 1.54) is 0 Å². The van der Waals surface area contributed by atoms with Crippen molar-refractivity contribution < 1.29 is 9.90 Å². The highest BCUT2D eigenvalue weighted by Crippen LogP contribution is 2.27. The van der Waals surface area contributed by atoms with Crippen molar-refractivity contribution in [2.24, 2.45) is 0 Å². The number of carbonyl (C=O) groups is 1. The first-order valence-corrected chi connectivity index (χ1v) is 6.93. The van der Waals surface area contributed by atoms with Crippen LogP contribution in [0.15, 0.2) is 0 Å². The van der Waals surface area contributed by atoms with E-state index in [-0.39, 0.29) is 24.2 Å². The molecule has 106 valence electrons. The maximum absolute atomic E-state index is 11.9. The van der Waals surface area contributed by atoms with Gasteiger partial charge in [0.25, 0.3) is 5.91 Å². The first kappa shape index (κ1) is 14.0. The second-order valence-electron chi connectivity index (χ2n) is 5.67. The lowest BCUT2D eigenvalue weighted by Crippen LogP contribution is -2.44. The molecule has 0 aromatic carbocycles. The van der Waals surface area contributed by atoms with Crippen LogP contribution in [0.1, 0.15) is 68.3 Å². The molecule has 0 spiro atoms. The monoisotopic (exact) mass is 266 g/mol. The van der Waals surface area contributed by atoms with Crippen molar-refractivity contribution >= 4 is 5.91 Å². The summed E-state index contributed by atoms with van der Waals surface area (Å²) in [6, 6.07) is 0. The average Bonchev–Trinajstić information content (AvgIpc) is 2.87. The van der Waals surface area contributed by atoms with Crippen LogP contribution in [0.4, 0.5) is 0 Å². The van der Waals surface area contributed by atoms with E-state index in [0.717, 1.165) is 32.1 Å². The fourth-order valence-corrected chi connectivity index (χ4v) is 2.34. The Morgan fingerprint density at radius 3 is 2.68 bits per heavy atom. The molecule has 6 heteroatoms. The van der Waals surface area contributed by atoms with Gasteiger partial charge in [-0.1, -0.05) is 33.1 Å². The summed E-state index contributed by atoms with van der Waals surface area (Å²) in [5.41, 5.74) is -0.759. The second kappa shape index (κ2) is 5.69. The van der Waals surface area contributed by atoms with Crippen LogP contribution in [0.25, 0.3) is 0 Å². The van der Waals surface area contributed by atoms with E-state index < -0.39 is 5.60 Å². The average molecular weight is 266 g/mol. The summed E-state index contributed by atoms with van der Waals surface area (Å²) in [6.45, 7) is 4.23. The number of aliphatic hydroxyl groups is 1. The Labute approximate surface area is 113 Å². The highest BCUT2D eigenvalue weighted by Gasteiger charge is 2.30. The molecule has 19 heavy (non-hydrogen) atoms. The predicted molar refractivity (Wildman–Crippen MR) is 70.8 cm³/mol. The fraction of sp³-hybridized carbons (Fsp3) is 0.769. The number of H-pyrrole nitrogens is 1. The molecule has 6 nitrogen and oxygen atoms in total. The number of aromatic amines is 1. The van der Waals surface area contributed by atoms with Gasteiger partial charge in [-0.25, -0.2) is 4.98 Å². The molecule has 1 saturated carbocycles. The molecule has 1 heterocycles. The van der Waals surface area contributed by atoms with E-state index in [1.54, 1.807) is 0 Å². The number of nitrogens with zero attached hydrogens (tertiary/aromatic N) is 2. The Bertz CT molecular complexity index is 436. The molecule has 1 aliphatic rings. The molecule has 1 amide bonds. The zero-order valence-corrected chi connectivity index (χ0v) is 11.6. The maximum atomic E-state index is 11.9. The van der Waals surface area contributed by atoms with Gasteiger partial charge in [0, 0.05) is 12.5 Å². The van der Waals surface area contributed by atoms with Crippen LogP contribution >= 0.6 is 0 Å². The van der Waals surface area contributed by atoms with Gasteiger partial charge in [-0.2, -0.15) is 0 Å². The topological polar surface area (TPSA) is 90.9 Å². The Hall–Kier alpha value is -1.43. The highest BCUT2D eigenvalue weighted by molar-refractivity contribution is 5.90. The van der Waals surface area contributed by atoms with Crippen LogP contribution in [0, 0.1) is 0 Å². The zero-order chi connectivity index (χ0) is 13.9. The Kier molecular flexibility index (Phi) is 4.19. The van der Waals surface area contributed by atoms with Gasteiger partial charge in [0.05, 0.1) is 5.60 Å². The molecule has 0 unspecified atom stereocenters. The van der Waals surface area contributed by atoms with E-state index in [0.29, 0.717) is 5.82 Å². The zero-order valence-electron chi connectivity index (χ0n) is 11.6. The number of carbonyl (C=O) groups excluding carboxylic acids is 1. The molecule has 1 fully saturated rings. The van der Waals surface area contributed by atoms with Gasteiger partial charge in [-0.15, -0.1) is 5.10 Å². The summed E-state index contributed by atoms with van der Waals surface area (Å²) < 4.78 is 0. The van der Waals surface area contributed by atoms with Crippen molar-refractivity contribution in [3.05, 3.63) is 11.6 Å². The molecule has 0 atom stereocenters. The summed E-state index contributed by atoms with van der Waals surface area (Å²) in [5.74, 6) is 0.711. The van der Waals surface area contributed by atoms with Crippen LogP contribution in [0.5, 0.6) is 0 Å². The normalized spacial score (nSPS) is 18.5. The SMILES string of the molecule is CC(C)c1nc(C(=O)NCC2(O)CCCCC2)n[nH]1. The molecule has 1 aromatic rings. The van der Waals surface area contributed by atoms with Crippen molar-refractivity contribution in [2.45, 2.75) is 57.5 Å². The van der Waals surface area contributed by atoms with Crippen LogP contribution in [0.3, 0.4) is 0 Å². The number of hydrogen-bond acceptors (Lipinski definition) is 4. The quantitative estimate of drug-likeness (QED) is 0.767. The lowest BCUT2D eigenvalue weighted by atomic mass is 9.85. The summed E-state index contributed by atoms with van der Waals surface area (Å²) in [5, 5.41) is 19.7. The summed E-state index contributed by atoms with van der Waals surface area (Å²) in [4.78, 5) is 16.0. The minimum absolute atomic E-state index is 0.142. The highest BCUT2D eigenvalue weighted by atomic mass is 16.3. The van der Waals surface area contributed by atoms with Crippen molar-refractivity contribution in [1.82, 2.24) is 20.5 Å². The van der Waals surface area contributed by atoms with Gasteiger partial charge in [-0.05, 0) is 12.8 Å². The van der Waals surface area contributed by atoms with Crippen molar-refractivity contribution in [3.8, 4) is 0 Å². The lowest BCUT2D eigenvalue weighted by molar-refractivity contribution is 0.00516. The Morgan fingerprint density at radius 1 is 1.42 bits per heavy atom. The standard InChI is InChI=1S/C13H22N4O2/c1-9(2)10-15-11(17-16-10)12(18)14-8-13(19)6-4-3-5-7-13/h9,19H,3-8H2,1-2H3,(H,14,18)(H,15,16,17). The summed E-state index contributed by atoms with van der Waals surface area (Å²) >= 11 is 0. The van der Waals surface area contributed by atoms with Crippen LogP contribution in [-0.4, -0.2) is 38.3 Å². The number of amides is 1. The Morgan fingerprint density at radius 2 is 2.11 bits per heavy atom. The molecular weight excluding hydrogens is 244 g/mol. The summed E-state index contributed by atoms with van der Waals surface area (Å²) in [7, 11) is 0. The second-order valence-corrected chi connectivity index (χ2v) is 5.67. The third-order valence-corrected chi connectivity index (χ3v) is 3.61. The largest absolute Gasteiger partial charge is 0.388 e. The third kappa shape index (κ3) is 3.53. The number of rotatable bonds is 4. The fourth-order valence-electron chi connectivity index (χ4n) is 2.34. The molecule has 0 bridgehead atoms. The van der Waals surface area contributed by atoms with Gasteiger partial charge < -0.3 is 10.4 Å². The molecule has 1 aromatic heterocycles. The summed E-state index contributed by atoms with van der Waals surface area (Å²) in [6.07, 6.45) is 4.70. The van der Waals surface area contributed by atoms with E-state index in [1.807, 2.05) is 13.8 Å². The first-order valence-electron chi connectivity index (χ1n) is 6.93. The molecule has 0 saturated heterocycles. The Balaban J connectivity index is 1.89. The molecule has 2 rings (SSSR count). The van der Waals surface area contributed by atoms with Crippen molar-refractivity contribution in [1.29, 1.82) is 0 Å². The van der Waals surface area contributed by atoms with Gasteiger partial charge >= 0.3 is 0 Å². The molecule has 0 radical (unpaired) electrons. The molecule has 0 aliphatic heterocycles. The number of nitrogens with one attached hydrogen (secondary N) is 2. The van der Waals surface area contributed by atoms with Crippen molar-refractivity contribution in [2.75, 3.05) is 6.54 Å². The van der Waals surface area contributed by atoms with E-state index in [9.17, 15) is 9.90 Å². The predicted octanol–water partition coefficient (Wildman–Crippen LogP) is 1.35. The third-order valence-electron chi connectivity index (χ3n) is 3.61. The smallest absolute Gasteiger partial charge is 0.291 e. The van der Waals surface area contributed by atoms with Crippen LogP contribution < -0.4 is 5.32 Å². The van der Waals surface area contributed by atoms with Crippen LogP contribution in [0.2, 0.25) is 0 Å². The van der Waals surface area contributed by atoms with Crippen molar-refractivity contribution in [3.63, 3.8) is 0 Å². The van der Waals surface area contributed by atoms with E-state index in [4.69, 9.17) is 0 Å². The van der Waals surface area contributed by atoms with Crippen LogP contribution in [-0.2, 0) is 0 Å². The van der Waals surface area contributed by atoms with Gasteiger partial charge in [-0.3, -0.25) is 9.89 Å². The lowest BCUT2D eigenvalue weighted by Gasteiger charge is -2.31. The molecule has 3 N–H and O–H groups in total. The molecular formula is C13H22N4O2. The minimum Gasteiger partial charge on any atom is -0.388 e. The minimum atomic E-state index is -0.759. The van der Waals surface area contributed by atoms with E-state index >= 15 is 0 Å². The van der Waals surface area contributed by atoms with Gasteiger partial charge in [0.15, 0.2) is 0 Å². The molecule has 1 aliphatic carbocycles.